The maximum atomic E-state index is 9.80. The van der Waals surface area contributed by atoms with E-state index in [1.807, 2.05) is 0 Å². The van der Waals surface area contributed by atoms with Crippen LogP contribution in [0.3, 0.4) is 0 Å². The number of aliphatic hydroxyl groups is 1. The summed E-state index contributed by atoms with van der Waals surface area (Å²) in [6, 6.07) is 0. The third-order valence-electron chi connectivity index (χ3n) is 7.96. The minimum atomic E-state index is -0.672. The normalized spacial score (nSPS) is 37.6. The molecule has 158 valence electrons. The van der Waals surface area contributed by atoms with Crippen molar-refractivity contribution in [3.05, 3.63) is 35.5 Å². The third kappa shape index (κ3) is 4.82. The number of rotatable bonds is 6. The van der Waals surface area contributed by atoms with Gasteiger partial charge in [0, 0.05) is 6.42 Å². The van der Waals surface area contributed by atoms with E-state index in [1.54, 1.807) is 5.57 Å². The van der Waals surface area contributed by atoms with Crippen molar-refractivity contribution < 1.29 is 9.84 Å². The molecule has 1 aliphatic heterocycles. The van der Waals surface area contributed by atoms with Crippen LogP contribution in [-0.4, -0.2) is 18.0 Å². The lowest BCUT2D eigenvalue weighted by atomic mass is 9.60. The van der Waals surface area contributed by atoms with Crippen LogP contribution in [0.2, 0.25) is 0 Å². The lowest BCUT2D eigenvalue weighted by Gasteiger charge is -2.44. The highest BCUT2D eigenvalue weighted by Crippen LogP contribution is 2.59. The zero-order chi connectivity index (χ0) is 20.3. The Morgan fingerprint density at radius 1 is 1.21 bits per heavy atom. The quantitative estimate of drug-likeness (QED) is 0.543. The molecule has 1 N–H and O–H groups in total. The van der Waals surface area contributed by atoms with Gasteiger partial charge >= 0.3 is 0 Å². The second kappa shape index (κ2) is 9.30. The van der Waals surface area contributed by atoms with Gasteiger partial charge in [-0.25, -0.2) is 0 Å². The van der Waals surface area contributed by atoms with Gasteiger partial charge in [0.1, 0.15) is 0 Å². The molecule has 3 rings (SSSR count). The molecule has 1 saturated heterocycles. The van der Waals surface area contributed by atoms with E-state index in [-0.39, 0.29) is 0 Å². The molecule has 3 fully saturated rings. The second-order valence-electron chi connectivity index (χ2n) is 10.4. The third-order valence-corrected chi connectivity index (χ3v) is 7.96. The van der Waals surface area contributed by atoms with E-state index in [1.165, 1.54) is 51.4 Å². The Morgan fingerprint density at radius 3 is 2.75 bits per heavy atom. The van der Waals surface area contributed by atoms with Gasteiger partial charge in [-0.15, -0.1) is 0 Å². The molecule has 3 aliphatic rings. The Balaban J connectivity index is 1.70. The number of fused-ring (bicyclic) bond motifs is 1. The molecule has 0 aromatic carbocycles. The van der Waals surface area contributed by atoms with Crippen molar-refractivity contribution in [3.63, 3.8) is 0 Å². The van der Waals surface area contributed by atoms with Gasteiger partial charge in [-0.05, 0) is 72.3 Å². The Hall–Kier alpha value is -0.860. The van der Waals surface area contributed by atoms with Gasteiger partial charge in [0.15, 0.2) is 6.29 Å². The predicted octanol–water partition coefficient (Wildman–Crippen LogP) is 6.81. The van der Waals surface area contributed by atoms with Crippen molar-refractivity contribution in [2.45, 2.75) is 91.8 Å². The van der Waals surface area contributed by atoms with Crippen LogP contribution in [0.5, 0.6) is 0 Å². The molecule has 1 heterocycles. The van der Waals surface area contributed by atoms with Crippen molar-refractivity contribution >= 4 is 0 Å². The van der Waals surface area contributed by atoms with E-state index in [0.717, 1.165) is 34.8 Å². The Labute approximate surface area is 173 Å². The van der Waals surface area contributed by atoms with E-state index in [4.69, 9.17) is 4.74 Å². The molecular weight excluding hydrogens is 344 g/mol. The summed E-state index contributed by atoms with van der Waals surface area (Å²) in [5, 5.41) is 9.80. The largest absolute Gasteiger partial charge is 0.368 e. The standard InChI is InChI=1S/C26H42O2/c1-18(2)8-6-9-19(3)23-13-14-24-21(10-7-15-26(23,24)5)11-12-22-16-25(27)28-17-20(22)4/h11-12,18-19,23-25,27H,4,6-10,13-17H2,1-3,5H3/t19-,23-,24?,25+,26-/m1/s1. The highest BCUT2D eigenvalue weighted by atomic mass is 16.6. The van der Waals surface area contributed by atoms with E-state index < -0.39 is 6.29 Å². The summed E-state index contributed by atoms with van der Waals surface area (Å²) in [5.41, 5.74) is 4.30. The smallest absolute Gasteiger partial charge is 0.159 e. The van der Waals surface area contributed by atoms with Gasteiger partial charge in [0.25, 0.3) is 0 Å². The SMILES string of the molecule is C=C1CO[C@H](O)CC1=CC=C1CCC[C@@]2(C)C1CC[C@@H]2[C@H](C)CCCC(C)C. The van der Waals surface area contributed by atoms with Crippen molar-refractivity contribution in [2.24, 2.45) is 29.1 Å². The summed E-state index contributed by atoms with van der Waals surface area (Å²) in [5.74, 6) is 3.29. The van der Waals surface area contributed by atoms with Crippen LogP contribution in [-0.2, 0) is 4.74 Å². The van der Waals surface area contributed by atoms with Gasteiger partial charge in [-0.1, -0.05) is 71.3 Å². The number of aliphatic hydroxyl groups excluding tert-OH is 1. The predicted molar refractivity (Wildman–Crippen MR) is 118 cm³/mol. The van der Waals surface area contributed by atoms with Gasteiger partial charge in [0.05, 0.1) is 6.61 Å². The first-order chi connectivity index (χ1) is 13.3. The number of ether oxygens (including phenoxy) is 1. The molecule has 2 saturated carbocycles. The molecule has 0 radical (unpaired) electrons. The molecule has 0 spiro atoms. The number of hydrogen-bond donors (Lipinski definition) is 1. The van der Waals surface area contributed by atoms with Gasteiger partial charge in [0.2, 0.25) is 0 Å². The molecule has 0 amide bonds. The zero-order valence-corrected chi connectivity index (χ0v) is 18.7. The Bertz CT molecular complexity index is 614. The van der Waals surface area contributed by atoms with Crippen LogP contribution in [0.15, 0.2) is 35.5 Å². The Kier molecular flexibility index (Phi) is 7.26. The number of hydrogen-bond acceptors (Lipinski definition) is 2. The van der Waals surface area contributed by atoms with Crippen molar-refractivity contribution in [1.29, 1.82) is 0 Å². The summed E-state index contributed by atoms with van der Waals surface area (Å²) < 4.78 is 5.28. The van der Waals surface area contributed by atoms with Crippen LogP contribution < -0.4 is 0 Å². The summed E-state index contributed by atoms with van der Waals surface area (Å²) >= 11 is 0. The van der Waals surface area contributed by atoms with Crippen molar-refractivity contribution in [1.82, 2.24) is 0 Å². The minimum absolute atomic E-state index is 0.452. The molecule has 28 heavy (non-hydrogen) atoms. The molecule has 0 aromatic heterocycles. The van der Waals surface area contributed by atoms with E-state index in [9.17, 15) is 5.11 Å². The van der Waals surface area contributed by atoms with Gasteiger partial charge in [-0.2, -0.15) is 0 Å². The first-order valence-electron chi connectivity index (χ1n) is 11.7. The maximum Gasteiger partial charge on any atom is 0.159 e. The van der Waals surface area contributed by atoms with Crippen LogP contribution in [0, 0.1) is 29.1 Å². The average molecular weight is 387 g/mol. The Morgan fingerprint density at radius 2 is 2.00 bits per heavy atom. The maximum absolute atomic E-state index is 9.80. The number of allylic oxidation sites excluding steroid dienone is 3. The van der Waals surface area contributed by atoms with Crippen molar-refractivity contribution in [2.75, 3.05) is 6.61 Å². The topological polar surface area (TPSA) is 29.5 Å². The molecular formula is C26H42O2. The second-order valence-corrected chi connectivity index (χ2v) is 10.4. The molecule has 1 unspecified atom stereocenters. The molecule has 0 bridgehead atoms. The fourth-order valence-electron chi connectivity index (χ4n) is 6.34. The summed E-state index contributed by atoms with van der Waals surface area (Å²) in [6.45, 7) is 14.4. The lowest BCUT2D eigenvalue weighted by molar-refractivity contribution is -0.0975. The summed E-state index contributed by atoms with van der Waals surface area (Å²) in [6.07, 6.45) is 15.4. The van der Waals surface area contributed by atoms with E-state index in [2.05, 4.69) is 46.4 Å². The van der Waals surface area contributed by atoms with Gasteiger partial charge < -0.3 is 9.84 Å². The van der Waals surface area contributed by atoms with E-state index >= 15 is 0 Å². The van der Waals surface area contributed by atoms with Gasteiger partial charge in [-0.3, -0.25) is 0 Å². The average Bonchev–Trinajstić information content (AvgIpc) is 2.99. The molecule has 0 aromatic rings. The summed E-state index contributed by atoms with van der Waals surface area (Å²) in [4.78, 5) is 0. The molecule has 2 aliphatic carbocycles. The first kappa shape index (κ1) is 21.8. The fraction of sp³-hybridized carbons (Fsp3) is 0.769. The van der Waals surface area contributed by atoms with Crippen LogP contribution in [0.25, 0.3) is 0 Å². The minimum Gasteiger partial charge on any atom is -0.368 e. The summed E-state index contributed by atoms with van der Waals surface area (Å²) in [7, 11) is 0. The molecule has 5 atom stereocenters. The van der Waals surface area contributed by atoms with E-state index in [0.29, 0.717) is 18.4 Å². The monoisotopic (exact) mass is 386 g/mol. The van der Waals surface area contributed by atoms with Crippen LogP contribution >= 0.6 is 0 Å². The molecule has 2 nitrogen and oxygen atoms in total. The van der Waals surface area contributed by atoms with Crippen molar-refractivity contribution in [3.8, 4) is 0 Å². The fourth-order valence-corrected chi connectivity index (χ4v) is 6.34. The van der Waals surface area contributed by atoms with Crippen LogP contribution in [0.1, 0.15) is 85.5 Å². The zero-order valence-electron chi connectivity index (χ0n) is 18.7. The highest BCUT2D eigenvalue weighted by molar-refractivity contribution is 5.35. The van der Waals surface area contributed by atoms with Crippen LogP contribution in [0.4, 0.5) is 0 Å². The first-order valence-corrected chi connectivity index (χ1v) is 11.7. The molecule has 2 heteroatoms. The lowest BCUT2D eigenvalue weighted by Crippen LogP contribution is -2.36. The highest BCUT2D eigenvalue weighted by Gasteiger charge is 2.50.